The lowest BCUT2D eigenvalue weighted by Gasteiger charge is -2.29. The highest BCUT2D eigenvalue weighted by Gasteiger charge is 2.22. The van der Waals surface area contributed by atoms with Crippen molar-refractivity contribution >= 4 is 41.5 Å². The third-order valence-corrected chi connectivity index (χ3v) is 5.53. The summed E-state index contributed by atoms with van der Waals surface area (Å²) in [6.07, 6.45) is 8.48. The Morgan fingerprint density at radius 1 is 1.15 bits per heavy atom. The Labute approximate surface area is 168 Å². The molecule has 2 aliphatic heterocycles. The van der Waals surface area contributed by atoms with Gasteiger partial charge in [-0.15, -0.1) is 24.8 Å². The molecular weight excluding hydrogens is 371 g/mol. The minimum Gasteiger partial charge on any atom is -0.392 e. The number of anilines is 1. The molecule has 0 aliphatic carbocycles. The Morgan fingerprint density at radius 2 is 1.96 bits per heavy atom. The molecule has 0 bridgehead atoms. The first kappa shape index (κ1) is 21.3. The summed E-state index contributed by atoms with van der Waals surface area (Å²) in [5.41, 5.74) is 3.70. The number of rotatable bonds is 5. The molecule has 1 aromatic carbocycles. The predicted molar refractivity (Wildman–Crippen MR) is 112 cm³/mol. The number of hydrogen-bond donors (Lipinski definition) is 2. The summed E-state index contributed by atoms with van der Waals surface area (Å²) in [7, 11) is 0. The first-order chi connectivity index (χ1) is 11.8. The van der Waals surface area contributed by atoms with E-state index in [2.05, 4.69) is 38.0 Å². The second kappa shape index (κ2) is 9.79. The number of para-hydroxylation sites is 1. The largest absolute Gasteiger partial charge is 0.392 e. The van der Waals surface area contributed by atoms with Gasteiger partial charge in [0, 0.05) is 25.7 Å². The average Bonchev–Trinajstić information content (AvgIpc) is 3.26. The van der Waals surface area contributed by atoms with E-state index in [0.29, 0.717) is 0 Å². The van der Waals surface area contributed by atoms with Gasteiger partial charge >= 0.3 is 0 Å². The third-order valence-electron chi connectivity index (χ3n) is 5.53. The molecule has 2 aromatic rings. The number of piperidine rings is 1. The maximum absolute atomic E-state index is 10.1. The van der Waals surface area contributed by atoms with Crippen LogP contribution in [0, 0.1) is 0 Å². The van der Waals surface area contributed by atoms with E-state index < -0.39 is 0 Å². The fourth-order valence-corrected chi connectivity index (χ4v) is 4.20. The van der Waals surface area contributed by atoms with Crippen molar-refractivity contribution in [2.75, 3.05) is 24.5 Å². The molecule has 146 valence electrons. The van der Waals surface area contributed by atoms with Gasteiger partial charge in [0.15, 0.2) is 0 Å². The van der Waals surface area contributed by atoms with Crippen LogP contribution in [0.15, 0.2) is 24.5 Å². The van der Waals surface area contributed by atoms with Crippen LogP contribution >= 0.6 is 24.8 Å². The molecule has 7 heteroatoms. The highest BCUT2D eigenvalue weighted by atomic mass is 35.5. The number of nitrogens with zero attached hydrogens (tertiary/aromatic N) is 3. The van der Waals surface area contributed by atoms with Gasteiger partial charge in [-0.1, -0.05) is 6.07 Å². The number of aliphatic hydroxyl groups excluding tert-OH is 1. The van der Waals surface area contributed by atoms with Crippen molar-refractivity contribution in [3.63, 3.8) is 0 Å². The van der Waals surface area contributed by atoms with Gasteiger partial charge in [-0.25, -0.2) is 4.98 Å². The zero-order valence-electron chi connectivity index (χ0n) is 15.1. The zero-order valence-corrected chi connectivity index (χ0v) is 16.8. The van der Waals surface area contributed by atoms with Crippen LogP contribution in [0.1, 0.15) is 38.5 Å². The Bertz CT molecular complexity index is 687. The summed E-state index contributed by atoms with van der Waals surface area (Å²) in [4.78, 5) is 7.10. The maximum atomic E-state index is 10.1. The monoisotopic (exact) mass is 400 g/mol. The van der Waals surface area contributed by atoms with Crippen molar-refractivity contribution in [1.82, 2.24) is 14.9 Å². The molecule has 0 spiro atoms. The van der Waals surface area contributed by atoms with Crippen LogP contribution in [-0.2, 0) is 6.54 Å². The fourth-order valence-electron chi connectivity index (χ4n) is 4.20. The van der Waals surface area contributed by atoms with Crippen LogP contribution in [-0.4, -0.2) is 46.4 Å². The minimum atomic E-state index is -0.182. The quantitative estimate of drug-likeness (QED) is 0.807. The number of aromatic nitrogens is 2. The van der Waals surface area contributed by atoms with E-state index in [-0.39, 0.29) is 37.0 Å². The third kappa shape index (κ3) is 4.45. The highest BCUT2D eigenvalue weighted by Crippen LogP contribution is 2.29. The minimum absolute atomic E-state index is 0. The fraction of sp³-hybridized carbons (Fsp3) is 0.632. The van der Waals surface area contributed by atoms with E-state index in [0.717, 1.165) is 57.4 Å². The van der Waals surface area contributed by atoms with E-state index in [1.54, 1.807) is 0 Å². The van der Waals surface area contributed by atoms with Crippen LogP contribution in [0.3, 0.4) is 0 Å². The summed E-state index contributed by atoms with van der Waals surface area (Å²) in [6.45, 7) is 4.31. The van der Waals surface area contributed by atoms with Crippen LogP contribution in [0.5, 0.6) is 0 Å². The number of halogens is 2. The number of aliphatic hydroxyl groups is 1. The summed E-state index contributed by atoms with van der Waals surface area (Å²) in [5, 5.41) is 13.6. The number of hydrogen-bond acceptors (Lipinski definition) is 4. The van der Waals surface area contributed by atoms with E-state index in [1.165, 1.54) is 24.0 Å². The Hall–Kier alpha value is -1.01. The van der Waals surface area contributed by atoms with Gasteiger partial charge in [0.2, 0.25) is 0 Å². The molecule has 0 unspecified atom stereocenters. The average molecular weight is 401 g/mol. The normalized spacial score (nSPS) is 22.9. The van der Waals surface area contributed by atoms with E-state index >= 15 is 0 Å². The van der Waals surface area contributed by atoms with Gasteiger partial charge in [0.1, 0.15) is 0 Å². The van der Waals surface area contributed by atoms with Gasteiger partial charge in [-0.05, 0) is 57.2 Å². The standard InChI is InChI=1S/C19H28N4O.2ClH/c24-18-9-4-10-20-15(18)7-5-13-23-14-21-16-6-3-8-17(19(16)23)22-11-1-2-12-22;;/h3,6,8,14-15,18,20,24H,1-2,4-5,7,9-13H2;2*1H/t15-,18+;;/m1../s1. The molecule has 2 aliphatic rings. The molecule has 0 amide bonds. The van der Waals surface area contributed by atoms with Crippen molar-refractivity contribution < 1.29 is 5.11 Å². The van der Waals surface area contributed by atoms with Gasteiger partial charge < -0.3 is 19.9 Å². The van der Waals surface area contributed by atoms with Gasteiger partial charge in [0.25, 0.3) is 0 Å². The first-order valence-corrected chi connectivity index (χ1v) is 9.43. The van der Waals surface area contributed by atoms with E-state index in [1.807, 2.05) is 6.33 Å². The van der Waals surface area contributed by atoms with Gasteiger partial charge in [-0.2, -0.15) is 0 Å². The Balaban J connectivity index is 0.00000121. The summed E-state index contributed by atoms with van der Waals surface area (Å²) in [5.74, 6) is 0. The summed E-state index contributed by atoms with van der Waals surface area (Å²) in [6, 6.07) is 6.72. The Morgan fingerprint density at radius 3 is 2.73 bits per heavy atom. The van der Waals surface area contributed by atoms with Crippen molar-refractivity contribution in [3.8, 4) is 0 Å². The van der Waals surface area contributed by atoms with Gasteiger partial charge in [0.05, 0.1) is 29.2 Å². The molecular formula is C19H30Cl2N4O. The summed E-state index contributed by atoms with van der Waals surface area (Å²) >= 11 is 0. The predicted octanol–water partition coefficient (Wildman–Crippen LogP) is 3.37. The van der Waals surface area contributed by atoms with Crippen LogP contribution in [0.25, 0.3) is 11.0 Å². The van der Waals surface area contributed by atoms with Gasteiger partial charge in [-0.3, -0.25) is 0 Å². The van der Waals surface area contributed by atoms with Crippen LogP contribution < -0.4 is 10.2 Å². The SMILES string of the molecule is Cl.Cl.O[C@H]1CCCN[C@@H]1CCCn1cnc2cccc(N3CCCC3)c21. The second-order valence-corrected chi connectivity index (χ2v) is 7.19. The number of fused-ring (bicyclic) bond motifs is 1. The number of imidazole rings is 1. The topological polar surface area (TPSA) is 53.3 Å². The number of benzene rings is 1. The molecule has 2 atom stereocenters. The molecule has 0 saturated carbocycles. The first-order valence-electron chi connectivity index (χ1n) is 9.43. The molecule has 4 rings (SSSR count). The van der Waals surface area contributed by atoms with Crippen molar-refractivity contribution in [3.05, 3.63) is 24.5 Å². The smallest absolute Gasteiger partial charge is 0.0958 e. The molecule has 26 heavy (non-hydrogen) atoms. The number of aryl methyl sites for hydroxylation is 1. The van der Waals surface area contributed by atoms with Crippen molar-refractivity contribution in [2.24, 2.45) is 0 Å². The molecule has 2 N–H and O–H groups in total. The molecule has 5 nitrogen and oxygen atoms in total. The molecule has 2 saturated heterocycles. The lowest BCUT2D eigenvalue weighted by atomic mass is 9.97. The zero-order chi connectivity index (χ0) is 16.4. The van der Waals surface area contributed by atoms with E-state index in [4.69, 9.17) is 0 Å². The Kier molecular flexibility index (Phi) is 8.02. The van der Waals surface area contributed by atoms with Crippen molar-refractivity contribution in [1.29, 1.82) is 0 Å². The van der Waals surface area contributed by atoms with Crippen LogP contribution in [0.2, 0.25) is 0 Å². The lowest BCUT2D eigenvalue weighted by Crippen LogP contribution is -2.44. The van der Waals surface area contributed by atoms with E-state index in [9.17, 15) is 5.11 Å². The molecule has 3 heterocycles. The second-order valence-electron chi connectivity index (χ2n) is 7.19. The maximum Gasteiger partial charge on any atom is 0.0958 e. The lowest BCUT2D eigenvalue weighted by molar-refractivity contribution is 0.0909. The molecule has 1 aromatic heterocycles. The summed E-state index contributed by atoms with van der Waals surface area (Å²) < 4.78 is 2.30. The highest BCUT2D eigenvalue weighted by molar-refractivity contribution is 5.89. The van der Waals surface area contributed by atoms with Crippen molar-refractivity contribution in [2.45, 2.75) is 57.2 Å². The molecule has 0 radical (unpaired) electrons. The molecule has 2 fully saturated rings. The number of nitrogens with one attached hydrogen (secondary N) is 1. The van der Waals surface area contributed by atoms with Crippen LogP contribution in [0.4, 0.5) is 5.69 Å².